The smallest absolute Gasteiger partial charge is 0.248 e. The standard InChI is InChI=1S/C16H12ClN9S/c1-7-6-27-11-10(7)22-14(17)23-13(11)26-15(18)24-16(25-26)21-9-4-8-2-3-19-12(8)20-5-9/h2-6H,1H3,(H,19,20)(H3,18,21,24,25). The molecule has 0 amide bonds. The van der Waals surface area contributed by atoms with Crippen LogP contribution in [0.4, 0.5) is 17.6 Å². The van der Waals surface area contributed by atoms with Gasteiger partial charge >= 0.3 is 0 Å². The van der Waals surface area contributed by atoms with Crippen LogP contribution in [-0.4, -0.2) is 34.7 Å². The molecular weight excluding hydrogens is 386 g/mol. The SMILES string of the molecule is Cc1csc2c(-n3nc(Nc4cnc5[nH]ccc5c4)nc3N)nc(Cl)nc12. The van der Waals surface area contributed by atoms with Crippen LogP contribution in [0.5, 0.6) is 0 Å². The molecule has 27 heavy (non-hydrogen) atoms. The molecule has 0 aliphatic carbocycles. The second-order valence-corrected chi connectivity index (χ2v) is 7.10. The van der Waals surface area contributed by atoms with Gasteiger partial charge in [0.15, 0.2) is 5.82 Å². The van der Waals surface area contributed by atoms with Crippen molar-refractivity contribution >= 4 is 61.8 Å². The number of nitrogens with two attached hydrogens (primary N) is 1. The first-order valence-electron chi connectivity index (χ1n) is 7.93. The largest absolute Gasteiger partial charge is 0.368 e. The highest BCUT2D eigenvalue weighted by molar-refractivity contribution is 7.17. The number of aromatic amines is 1. The second kappa shape index (κ2) is 5.89. The van der Waals surface area contributed by atoms with Crippen LogP contribution in [0.3, 0.4) is 0 Å². The van der Waals surface area contributed by atoms with E-state index in [1.54, 1.807) is 6.20 Å². The Labute approximate surface area is 161 Å². The second-order valence-electron chi connectivity index (χ2n) is 5.88. The number of nitrogens with one attached hydrogen (secondary N) is 2. The van der Waals surface area contributed by atoms with Crippen LogP contribution in [0.1, 0.15) is 5.56 Å². The first-order valence-corrected chi connectivity index (χ1v) is 9.18. The normalized spacial score (nSPS) is 11.5. The third kappa shape index (κ3) is 2.66. The maximum Gasteiger partial charge on any atom is 0.248 e. The Kier molecular flexibility index (Phi) is 3.49. The van der Waals surface area contributed by atoms with Crippen LogP contribution in [-0.2, 0) is 0 Å². The van der Waals surface area contributed by atoms with Crippen LogP contribution in [0.2, 0.25) is 5.28 Å². The van der Waals surface area contributed by atoms with Gasteiger partial charge in [0.25, 0.3) is 0 Å². The lowest BCUT2D eigenvalue weighted by Crippen LogP contribution is -2.06. The minimum Gasteiger partial charge on any atom is -0.368 e. The van der Waals surface area contributed by atoms with Crippen molar-refractivity contribution in [1.29, 1.82) is 0 Å². The molecule has 0 spiro atoms. The fourth-order valence-electron chi connectivity index (χ4n) is 2.80. The third-order valence-corrected chi connectivity index (χ3v) is 5.29. The molecule has 0 bridgehead atoms. The van der Waals surface area contributed by atoms with Crippen LogP contribution >= 0.6 is 22.9 Å². The summed E-state index contributed by atoms with van der Waals surface area (Å²) in [6, 6.07) is 3.88. The molecule has 5 heterocycles. The van der Waals surface area contributed by atoms with Crippen molar-refractivity contribution in [2.75, 3.05) is 11.1 Å². The molecule has 0 atom stereocenters. The monoisotopic (exact) mass is 397 g/mol. The summed E-state index contributed by atoms with van der Waals surface area (Å²) in [6.07, 6.45) is 3.53. The van der Waals surface area contributed by atoms with Gasteiger partial charge in [-0.25, -0.2) is 9.97 Å². The molecule has 5 aromatic rings. The number of H-pyrrole nitrogens is 1. The third-order valence-electron chi connectivity index (χ3n) is 4.04. The molecule has 134 valence electrons. The van der Waals surface area contributed by atoms with Gasteiger partial charge in [0, 0.05) is 11.6 Å². The van der Waals surface area contributed by atoms with E-state index in [0.29, 0.717) is 11.8 Å². The minimum absolute atomic E-state index is 0.130. The lowest BCUT2D eigenvalue weighted by molar-refractivity contribution is 0.865. The van der Waals surface area contributed by atoms with Crippen LogP contribution in [0.15, 0.2) is 29.9 Å². The molecule has 0 unspecified atom stereocenters. The van der Waals surface area contributed by atoms with Gasteiger partial charge in [-0.1, -0.05) is 0 Å². The Morgan fingerprint density at radius 1 is 1.30 bits per heavy atom. The van der Waals surface area contributed by atoms with E-state index in [0.717, 1.165) is 32.5 Å². The molecular formula is C16H12ClN9S. The van der Waals surface area contributed by atoms with E-state index in [1.807, 2.05) is 30.6 Å². The number of fused-ring (bicyclic) bond motifs is 2. The highest BCUT2D eigenvalue weighted by Gasteiger charge is 2.17. The summed E-state index contributed by atoms with van der Waals surface area (Å²) in [5.41, 5.74) is 9.43. The van der Waals surface area contributed by atoms with Crippen LogP contribution in [0.25, 0.3) is 27.1 Å². The van der Waals surface area contributed by atoms with E-state index in [9.17, 15) is 0 Å². The number of nitrogens with zero attached hydrogens (tertiary/aromatic N) is 6. The Hall–Kier alpha value is -3.24. The zero-order valence-corrected chi connectivity index (χ0v) is 15.5. The Morgan fingerprint density at radius 2 is 2.19 bits per heavy atom. The minimum atomic E-state index is 0.130. The molecule has 0 aliphatic heterocycles. The first kappa shape index (κ1) is 16.0. The van der Waals surface area contributed by atoms with E-state index in [4.69, 9.17) is 17.3 Å². The van der Waals surface area contributed by atoms with Crippen molar-refractivity contribution in [2.24, 2.45) is 0 Å². The van der Waals surface area contributed by atoms with Gasteiger partial charge in [-0.05, 0) is 41.6 Å². The Morgan fingerprint density at radius 3 is 3.07 bits per heavy atom. The maximum atomic E-state index is 6.09. The van der Waals surface area contributed by atoms with Gasteiger partial charge in [-0.3, -0.25) is 0 Å². The molecule has 5 aromatic heterocycles. The number of halogens is 1. The first-order chi connectivity index (χ1) is 13.1. The van der Waals surface area contributed by atoms with Gasteiger partial charge < -0.3 is 16.0 Å². The molecule has 0 aliphatic rings. The maximum absolute atomic E-state index is 6.09. The fourth-order valence-corrected chi connectivity index (χ4v) is 3.93. The predicted octanol–water partition coefficient (Wildman–Crippen LogP) is 3.44. The molecule has 0 fully saturated rings. The van der Waals surface area contributed by atoms with Crippen molar-refractivity contribution in [3.8, 4) is 5.82 Å². The molecule has 11 heteroatoms. The van der Waals surface area contributed by atoms with Crippen molar-refractivity contribution in [1.82, 2.24) is 34.7 Å². The summed E-state index contributed by atoms with van der Waals surface area (Å²) in [5.74, 6) is 1.02. The number of thiophene rings is 1. The lowest BCUT2D eigenvalue weighted by Gasteiger charge is -2.04. The average Bonchev–Trinajstić information content (AvgIpc) is 3.34. The van der Waals surface area contributed by atoms with E-state index in [-0.39, 0.29) is 11.2 Å². The number of aromatic nitrogens is 7. The van der Waals surface area contributed by atoms with E-state index in [2.05, 4.69) is 35.3 Å². The summed E-state index contributed by atoms with van der Waals surface area (Å²) in [6.45, 7) is 1.97. The topological polar surface area (TPSA) is 123 Å². The Bertz CT molecular complexity index is 1300. The summed E-state index contributed by atoms with van der Waals surface area (Å²) in [5, 5.41) is 10.6. The number of hydrogen-bond acceptors (Lipinski definition) is 8. The number of hydrogen-bond donors (Lipinski definition) is 3. The van der Waals surface area contributed by atoms with Crippen molar-refractivity contribution in [3.63, 3.8) is 0 Å². The summed E-state index contributed by atoms with van der Waals surface area (Å²) in [7, 11) is 0. The van der Waals surface area contributed by atoms with Gasteiger partial charge in [0.1, 0.15) is 5.65 Å². The number of pyridine rings is 1. The zero-order chi connectivity index (χ0) is 18.5. The highest BCUT2D eigenvalue weighted by Crippen LogP contribution is 2.30. The molecule has 4 N–H and O–H groups in total. The summed E-state index contributed by atoms with van der Waals surface area (Å²) < 4.78 is 2.30. The van der Waals surface area contributed by atoms with Gasteiger partial charge in [0.2, 0.25) is 17.2 Å². The van der Waals surface area contributed by atoms with Crippen molar-refractivity contribution in [3.05, 3.63) is 40.8 Å². The molecule has 5 rings (SSSR count). The van der Waals surface area contributed by atoms with E-state index >= 15 is 0 Å². The average molecular weight is 398 g/mol. The number of rotatable bonds is 3. The fraction of sp³-hybridized carbons (Fsp3) is 0.0625. The van der Waals surface area contributed by atoms with Gasteiger partial charge in [-0.2, -0.15) is 14.6 Å². The summed E-state index contributed by atoms with van der Waals surface area (Å²) >= 11 is 7.60. The van der Waals surface area contributed by atoms with E-state index < -0.39 is 0 Å². The van der Waals surface area contributed by atoms with Crippen molar-refractivity contribution in [2.45, 2.75) is 6.92 Å². The lowest BCUT2D eigenvalue weighted by atomic mass is 10.3. The zero-order valence-electron chi connectivity index (χ0n) is 13.9. The number of nitrogen functional groups attached to an aromatic ring is 1. The van der Waals surface area contributed by atoms with E-state index in [1.165, 1.54) is 16.0 Å². The Balaban J connectivity index is 1.56. The van der Waals surface area contributed by atoms with Crippen LogP contribution in [0, 0.1) is 6.92 Å². The summed E-state index contributed by atoms with van der Waals surface area (Å²) in [4.78, 5) is 20.2. The molecule has 9 nitrogen and oxygen atoms in total. The quantitative estimate of drug-likeness (QED) is 0.398. The predicted molar refractivity (Wildman–Crippen MR) is 106 cm³/mol. The molecule has 0 saturated carbocycles. The van der Waals surface area contributed by atoms with Crippen LogP contribution < -0.4 is 11.1 Å². The number of anilines is 3. The molecule has 0 aromatic carbocycles. The molecule has 0 saturated heterocycles. The van der Waals surface area contributed by atoms with Gasteiger partial charge in [-0.15, -0.1) is 16.4 Å². The molecule has 0 radical (unpaired) electrons. The highest BCUT2D eigenvalue weighted by atomic mass is 35.5. The van der Waals surface area contributed by atoms with Gasteiger partial charge in [0.05, 0.1) is 22.1 Å². The van der Waals surface area contributed by atoms with Crippen molar-refractivity contribution < 1.29 is 0 Å². The number of aryl methyl sites for hydroxylation is 1.